The molecular weight excluding hydrogens is 334 g/mol. The van der Waals surface area contributed by atoms with Crippen molar-refractivity contribution in [2.24, 2.45) is 0 Å². The largest absolute Gasteiger partial charge is 0.444 e. The standard InChI is InChI=1S/C18H27N5O3/c1-10-11(2)21-16(19)14-15(10)23-12(9-25-7-6-13(23)22-14)8-20-17(24)26-18(3,4)5/h12H,6-9H2,1-5H3,(H2,19,21)(H,20,24)/t12-/m0/s1. The number of alkyl carbamates (subject to hydrolysis) is 1. The van der Waals surface area contributed by atoms with Gasteiger partial charge in [0.15, 0.2) is 5.82 Å². The first-order valence-electron chi connectivity index (χ1n) is 8.85. The number of hydrogen-bond acceptors (Lipinski definition) is 6. The fourth-order valence-electron chi connectivity index (χ4n) is 3.20. The molecule has 0 spiro atoms. The first-order chi connectivity index (χ1) is 12.2. The van der Waals surface area contributed by atoms with Crippen LogP contribution in [0.3, 0.4) is 0 Å². The molecule has 3 rings (SSSR count). The van der Waals surface area contributed by atoms with Crippen LogP contribution in [0.15, 0.2) is 0 Å². The summed E-state index contributed by atoms with van der Waals surface area (Å²) in [4.78, 5) is 21.1. The Morgan fingerprint density at radius 1 is 1.38 bits per heavy atom. The number of carbonyl (C=O) groups is 1. The van der Waals surface area contributed by atoms with Crippen molar-refractivity contribution in [3.8, 4) is 0 Å². The van der Waals surface area contributed by atoms with Crippen LogP contribution in [0, 0.1) is 13.8 Å². The number of ether oxygens (including phenoxy) is 2. The van der Waals surface area contributed by atoms with Gasteiger partial charge in [-0.1, -0.05) is 0 Å². The number of nitrogens with one attached hydrogen (secondary N) is 1. The van der Waals surface area contributed by atoms with Crippen LogP contribution in [0.25, 0.3) is 11.0 Å². The van der Waals surface area contributed by atoms with Crippen LogP contribution in [-0.2, 0) is 15.9 Å². The van der Waals surface area contributed by atoms with E-state index in [1.807, 2.05) is 34.6 Å². The fourth-order valence-corrected chi connectivity index (χ4v) is 3.20. The Labute approximate surface area is 153 Å². The number of amides is 1. The molecule has 0 aliphatic carbocycles. The molecule has 1 aliphatic heterocycles. The summed E-state index contributed by atoms with van der Waals surface area (Å²) >= 11 is 0. The van der Waals surface area contributed by atoms with Crippen molar-refractivity contribution in [3.05, 3.63) is 17.1 Å². The molecule has 8 heteroatoms. The maximum Gasteiger partial charge on any atom is 0.407 e. The molecule has 0 bridgehead atoms. The predicted octanol–water partition coefficient (Wildman–Crippen LogP) is 2.27. The number of anilines is 1. The van der Waals surface area contributed by atoms with Gasteiger partial charge in [-0.3, -0.25) is 0 Å². The number of imidazole rings is 1. The molecule has 3 heterocycles. The Morgan fingerprint density at radius 2 is 2.12 bits per heavy atom. The number of fused-ring (bicyclic) bond motifs is 3. The second kappa shape index (κ2) is 6.75. The summed E-state index contributed by atoms with van der Waals surface area (Å²) in [6.07, 6.45) is 0.247. The second-order valence-electron chi connectivity index (χ2n) is 7.66. The van der Waals surface area contributed by atoms with Crippen molar-refractivity contribution in [2.45, 2.75) is 52.7 Å². The molecule has 1 atom stereocenters. The molecule has 0 fully saturated rings. The van der Waals surface area contributed by atoms with Gasteiger partial charge in [0.2, 0.25) is 0 Å². The van der Waals surface area contributed by atoms with Gasteiger partial charge in [-0.2, -0.15) is 0 Å². The third-order valence-corrected chi connectivity index (χ3v) is 4.44. The molecule has 2 aromatic rings. The van der Waals surface area contributed by atoms with Crippen molar-refractivity contribution in [3.63, 3.8) is 0 Å². The van der Waals surface area contributed by atoms with Gasteiger partial charge < -0.3 is 25.1 Å². The summed E-state index contributed by atoms with van der Waals surface area (Å²) in [6, 6.07) is -0.0927. The van der Waals surface area contributed by atoms with E-state index in [9.17, 15) is 4.79 Å². The minimum Gasteiger partial charge on any atom is -0.444 e. The molecule has 0 unspecified atom stereocenters. The number of pyridine rings is 1. The fraction of sp³-hybridized carbons (Fsp3) is 0.611. The van der Waals surface area contributed by atoms with Crippen LogP contribution in [0.2, 0.25) is 0 Å². The average molecular weight is 361 g/mol. The van der Waals surface area contributed by atoms with E-state index in [0.29, 0.717) is 37.5 Å². The van der Waals surface area contributed by atoms with Gasteiger partial charge >= 0.3 is 6.09 Å². The van der Waals surface area contributed by atoms with Gasteiger partial charge in [0, 0.05) is 18.7 Å². The van der Waals surface area contributed by atoms with Crippen LogP contribution < -0.4 is 11.1 Å². The monoisotopic (exact) mass is 361 g/mol. The molecule has 1 aliphatic rings. The van der Waals surface area contributed by atoms with E-state index in [1.54, 1.807) is 0 Å². The SMILES string of the molecule is Cc1nc(N)c2nc3n(c2c1C)[C@@H](CNC(=O)OC(C)(C)C)COCC3. The second-order valence-corrected chi connectivity index (χ2v) is 7.66. The van der Waals surface area contributed by atoms with Crippen molar-refractivity contribution in [1.82, 2.24) is 19.9 Å². The maximum atomic E-state index is 12.0. The first kappa shape index (κ1) is 18.4. The van der Waals surface area contributed by atoms with Crippen molar-refractivity contribution in [1.29, 1.82) is 0 Å². The minimum atomic E-state index is -0.537. The summed E-state index contributed by atoms with van der Waals surface area (Å²) in [5.41, 5.74) is 9.16. The van der Waals surface area contributed by atoms with Crippen molar-refractivity contribution in [2.75, 3.05) is 25.5 Å². The molecule has 0 radical (unpaired) electrons. The molecule has 3 N–H and O–H groups in total. The maximum absolute atomic E-state index is 12.0. The lowest BCUT2D eigenvalue weighted by Gasteiger charge is -2.23. The summed E-state index contributed by atoms with van der Waals surface area (Å²) in [6.45, 7) is 10.9. The topological polar surface area (TPSA) is 104 Å². The van der Waals surface area contributed by atoms with E-state index in [-0.39, 0.29) is 6.04 Å². The molecule has 1 amide bonds. The molecular formula is C18H27N5O3. The highest BCUT2D eigenvalue weighted by Crippen LogP contribution is 2.30. The quantitative estimate of drug-likeness (QED) is 0.850. The van der Waals surface area contributed by atoms with Crippen LogP contribution in [0.4, 0.5) is 10.6 Å². The highest BCUT2D eigenvalue weighted by molar-refractivity contribution is 5.88. The lowest BCUT2D eigenvalue weighted by Crippen LogP contribution is -2.37. The Kier molecular flexibility index (Phi) is 4.79. The number of aromatic nitrogens is 3. The smallest absolute Gasteiger partial charge is 0.407 e. The zero-order chi connectivity index (χ0) is 19.1. The van der Waals surface area contributed by atoms with E-state index in [0.717, 1.165) is 22.6 Å². The summed E-state index contributed by atoms with van der Waals surface area (Å²) in [7, 11) is 0. The zero-order valence-corrected chi connectivity index (χ0v) is 16.0. The Morgan fingerprint density at radius 3 is 2.81 bits per heavy atom. The number of nitrogen functional groups attached to an aromatic ring is 1. The van der Waals surface area contributed by atoms with Crippen molar-refractivity contribution >= 4 is 22.9 Å². The van der Waals surface area contributed by atoms with Crippen LogP contribution in [-0.4, -0.2) is 46.0 Å². The average Bonchev–Trinajstić information content (AvgIpc) is 2.79. The lowest BCUT2D eigenvalue weighted by molar-refractivity contribution is 0.0505. The number of nitrogens with two attached hydrogens (primary N) is 1. The summed E-state index contributed by atoms with van der Waals surface area (Å²) < 4.78 is 13.2. The van der Waals surface area contributed by atoms with E-state index in [4.69, 9.17) is 20.2 Å². The highest BCUT2D eigenvalue weighted by atomic mass is 16.6. The van der Waals surface area contributed by atoms with Crippen LogP contribution >= 0.6 is 0 Å². The number of hydrogen-bond donors (Lipinski definition) is 2. The minimum absolute atomic E-state index is 0.0927. The molecule has 26 heavy (non-hydrogen) atoms. The molecule has 0 aromatic carbocycles. The van der Waals surface area contributed by atoms with E-state index in [2.05, 4.69) is 14.9 Å². The van der Waals surface area contributed by atoms with Gasteiger partial charge in [0.05, 0.1) is 24.8 Å². The zero-order valence-electron chi connectivity index (χ0n) is 16.0. The molecule has 0 saturated heterocycles. The van der Waals surface area contributed by atoms with E-state index < -0.39 is 11.7 Å². The molecule has 2 aromatic heterocycles. The number of carbonyl (C=O) groups excluding carboxylic acids is 1. The van der Waals surface area contributed by atoms with Gasteiger partial charge in [-0.15, -0.1) is 0 Å². The molecule has 8 nitrogen and oxygen atoms in total. The number of rotatable bonds is 2. The van der Waals surface area contributed by atoms with Crippen molar-refractivity contribution < 1.29 is 14.3 Å². The Bertz CT molecular complexity index is 838. The lowest BCUT2D eigenvalue weighted by atomic mass is 10.1. The summed E-state index contributed by atoms with van der Waals surface area (Å²) in [5, 5.41) is 2.84. The molecule has 0 saturated carbocycles. The number of nitrogens with zero attached hydrogens (tertiary/aromatic N) is 3. The third kappa shape index (κ3) is 3.60. The van der Waals surface area contributed by atoms with Gasteiger partial charge in [-0.05, 0) is 40.2 Å². The van der Waals surface area contributed by atoms with Crippen LogP contribution in [0.5, 0.6) is 0 Å². The van der Waals surface area contributed by atoms with Gasteiger partial charge in [0.25, 0.3) is 0 Å². The van der Waals surface area contributed by atoms with Crippen LogP contribution in [0.1, 0.15) is 43.9 Å². The van der Waals surface area contributed by atoms with Gasteiger partial charge in [-0.25, -0.2) is 14.8 Å². The van der Waals surface area contributed by atoms with Gasteiger partial charge in [0.1, 0.15) is 16.9 Å². The summed E-state index contributed by atoms with van der Waals surface area (Å²) in [5.74, 6) is 1.33. The Balaban J connectivity index is 1.95. The Hall–Kier alpha value is -2.35. The molecule has 142 valence electrons. The number of aryl methyl sites for hydroxylation is 2. The normalized spacial score (nSPS) is 17.7. The predicted molar refractivity (Wildman–Crippen MR) is 99.2 cm³/mol. The third-order valence-electron chi connectivity index (χ3n) is 4.44. The van der Waals surface area contributed by atoms with E-state index in [1.165, 1.54) is 0 Å². The van der Waals surface area contributed by atoms with E-state index >= 15 is 0 Å². The highest BCUT2D eigenvalue weighted by Gasteiger charge is 2.26. The first-order valence-corrected chi connectivity index (χ1v) is 8.85.